The zero-order valence-electron chi connectivity index (χ0n) is 18.9. The number of nitrogens with zero attached hydrogens (tertiary/aromatic N) is 3. The van der Waals surface area contributed by atoms with Gasteiger partial charge in [0.1, 0.15) is 12.1 Å². The summed E-state index contributed by atoms with van der Waals surface area (Å²) >= 11 is 1.53. The first-order valence-corrected chi connectivity index (χ1v) is 13.6. The van der Waals surface area contributed by atoms with Crippen LogP contribution in [0.15, 0.2) is 72.0 Å². The normalized spacial score (nSPS) is 15.8. The Morgan fingerprint density at radius 3 is 2.89 bits per heavy atom. The summed E-state index contributed by atoms with van der Waals surface area (Å²) < 4.78 is 41.8. The summed E-state index contributed by atoms with van der Waals surface area (Å²) in [6.07, 6.45) is 5.20. The molecule has 0 radical (unpaired) electrons. The van der Waals surface area contributed by atoms with Crippen molar-refractivity contribution in [2.45, 2.75) is 23.8 Å². The molecule has 0 aliphatic carbocycles. The third kappa shape index (κ3) is 4.22. The van der Waals surface area contributed by atoms with Gasteiger partial charge in [-0.3, -0.25) is 0 Å². The van der Waals surface area contributed by atoms with E-state index in [1.165, 1.54) is 42.1 Å². The van der Waals surface area contributed by atoms with Crippen LogP contribution in [0, 0.1) is 17.7 Å². The monoisotopic (exact) mass is 517 g/mol. The van der Waals surface area contributed by atoms with Crippen molar-refractivity contribution in [3.05, 3.63) is 77.8 Å². The van der Waals surface area contributed by atoms with E-state index in [1.807, 2.05) is 12.1 Å². The molecule has 0 saturated carbocycles. The van der Waals surface area contributed by atoms with Gasteiger partial charge in [0.2, 0.25) is 0 Å². The van der Waals surface area contributed by atoms with Crippen LogP contribution in [-0.4, -0.2) is 34.9 Å². The van der Waals surface area contributed by atoms with Crippen molar-refractivity contribution in [2.75, 3.05) is 11.9 Å². The largest absolute Gasteiger partial charge is 0.339 e. The molecule has 1 fully saturated rings. The molecule has 0 amide bonds. The Kier molecular flexibility index (Phi) is 5.68. The number of aromatic nitrogens is 3. The van der Waals surface area contributed by atoms with E-state index in [0.29, 0.717) is 16.7 Å². The summed E-state index contributed by atoms with van der Waals surface area (Å²) in [6.45, 7) is 1.01. The topological polar surface area (TPSA) is 88.9 Å². The minimum atomic E-state index is -3.93. The second-order valence-corrected chi connectivity index (χ2v) is 11.3. The fourth-order valence-electron chi connectivity index (χ4n) is 4.25. The van der Waals surface area contributed by atoms with E-state index in [-0.39, 0.29) is 10.9 Å². The van der Waals surface area contributed by atoms with Gasteiger partial charge in [0.15, 0.2) is 5.82 Å². The SMILES string of the molecule is O=S(=O)(c1cccc(F)c1)n1ccc2cc(Nc3ncnc4cc(C#C[C@H]5CCCN5)sc34)ccc21. The molecule has 180 valence electrons. The van der Waals surface area contributed by atoms with E-state index in [2.05, 4.69) is 32.4 Å². The lowest BCUT2D eigenvalue weighted by Crippen LogP contribution is -2.18. The van der Waals surface area contributed by atoms with Crippen molar-refractivity contribution in [3.8, 4) is 11.8 Å². The summed E-state index contributed by atoms with van der Waals surface area (Å²) in [6, 6.07) is 14.3. The molecule has 2 N–H and O–H groups in total. The molecule has 3 aromatic heterocycles. The van der Waals surface area contributed by atoms with Gasteiger partial charge in [-0.25, -0.2) is 26.7 Å². The highest BCUT2D eigenvalue weighted by atomic mass is 32.2. The van der Waals surface area contributed by atoms with Crippen LogP contribution in [0.1, 0.15) is 17.7 Å². The Bertz CT molecular complexity index is 1780. The third-order valence-corrected chi connectivity index (χ3v) is 8.74. The second kappa shape index (κ2) is 9.02. The number of halogens is 1. The van der Waals surface area contributed by atoms with E-state index in [0.717, 1.165) is 50.2 Å². The fourth-order valence-corrected chi connectivity index (χ4v) is 6.56. The summed E-state index contributed by atoms with van der Waals surface area (Å²) in [5.41, 5.74) is 2.06. The second-order valence-electron chi connectivity index (χ2n) is 8.44. The van der Waals surface area contributed by atoms with Gasteiger partial charge in [0, 0.05) is 17.3 Å². The molecule has 1 aliphatic rings. The molecule has 2 aromatic carbocycles. The number of rotatable bonds is 4. The van der Waals surface area contributed by atoms with Crippen LogP contribution >= 0.6 is 11.3 Å². The summed E-state index contributed by atoms with van der Waals surface area (Å²) in [5, 5.41) is 7.42. The van der Waals surface area contributed by atoms with E-state index in [9.17, 15) is 12.8 Å². The van der Waals surface area contributed by atoms with Crippen molar-refractivity contribution < 1.29 is 12.8 Å². The molecule has 0 bridgehead atoms. The number of fused-ring (bicyclic) bond motifs is 2. The molecular weight excluding hydrogens is 497 g/mol. The average Bonchev–Trinajstić information content (AvgIpc) is 3.62. The Morgan fingerprint density at radius 2 is 2.06 bits per heavy atom. The van der Waals surface area contributed by atoms with Crippen LogP contribution in [-0.2, 0) is 10.0 Å². The van der Waals surface area contributed by atoms with E-state index in [1.54, 1.807) is 18.2 Å². The predicted molar refractivity (Wildman–Crippen MR) is 140 cm³/mol. The van der Waals surface area contributed by atoms with Crippen molar-refractivity contribution in [3.63, 3.8) is 0 Å². The Morgan fingerprint density at radius 1 is 1.14 bits per heavy atom. The van der Waals surface area contributed by atoms with Crippen LogP contribution in [0.3, 0.4) is 0 Å². The van der Waals surface area contributed by atoms with Crippen molar-refractivity contribution in [1.29, 1.82) is 0 Å². The highest BCUT2D eigenvalue weighted by Crippen LogP contribution is 2.32. The number of nitrogens with one attached hydrogen (secondary N) is 2. The summed E-state index contributed by atoms with van der Waals surface area (Å²) in [7, 11) is -3.93. The highest BCUT2D eigenvalue weighted by Gasteiger charge is 2.20. The highest BCUT2D eigenvalue weighted by molar-refractivity contribution is 7.90. The van der Waals surface area contributed by atoms with Crippen LogP contribution < -0.4 is 10.6 Å². The number of benzene rings is 2. The average molecular weight is 518 g/mol. The molecular formula is C26H20FN5O2S2. The maximum Gasteiger partial charge on any atom is 0.268 e. The molecule has 0 spiro atoms. The number of thiophene rings is 1. The van der Waals surface area contributed by atoms with Gasteiger partial charge in [0.25, 0.3) is 10.0 Å². The van der Waals surface area contributed by atoms with Crippen LogP contribution in [0.5, 0.6) is 0 Å². The number of anilines is 2. The quantitative estimate of drug-likeness (QED) is 0.331. The van der Waals surface area contributed by atoms with Crippen molar-refractivity contribution >= 4 is 54.0 Å². The lowest BCUT2D eigenvalue weighted by Gasteiger charge is -2.09. The Hall–Kier alpha value is -3.78. The molecule has 1 atom stereocenters. The number of hydrogen-bond donors (Lipinski definition) is 2. The van der Waals surface area contributed by atoms with Crippen LogP contribution in [0.4, 0.5) is 15.9 Å². The van der Waals surface area contributed by atoms with Crippen LogP contribution in [0.25, 0.3) is 21.1 Å². The zero-order valence-corrected chi connectivity index (χ0v) is 20.5. The van der Waals surface area contributed by atoms with Gasteiger partial charge in [0.05, 0.1) is 31.5 Å². The maximum absolute atomic E-state index is 13.6. The van der Waals surface area contributed by atoms with Gasteiger partial charge in [-0.2, -0.15) is 0 Å². The first-order valence-electron chi connectivity index (χ1n) is 11.4. The first-order chi connectivity index (χ1) is 17.5. The third-order valence-electron chi connectivity index (χ3n) is 6.01. The van der Waals surface area contributed by atoms with Crippen LogP contribution in [0.2, 0.25) is 0 Å². The van der Waals surface area contributed by atoms with Crippen molar-refractivity contribution in [2.24, 2.45) is 0 Å². The standard InChI is InChI=1S/C26H20FN5O2S2/c27-18-3-1-5-22(14-18)36(33,34)32-12-10-17-13-20(7-9-24(17)32)31-26-25-23(29-16-30-26)15-21(35-25)8-6-19-4-2-11-28-19/h1,3,5,7,9-10,12-16,19,28H,2,4,11H2,(H,29,30,31)/t19-/m1/s1. The Labute approximate surface area is 211 Å². The number of hydrogen-bond acceptors (Lipinski definition) is 7. The molecule has 36 heavy (non-hydrogen) atoms. The predicted octanol–water partition coefficient (Wildman–Crippen LogP) is 4.87. The van der Waals surface area contributed by atoms with E-state index in [4.69, 9.17) is 0 Å². The van der Waals surface area contributed by atoms with Gasteiger partial charge >= 0.3 is 0 Å². The zero-order chi connectivity index (χ0) is 24.7. The molecule has 6 rings (SSSR count). The lowest BCUT2D eigenvalue weighted by molar-refractivity contribution is 0.584. The summed E-state index contributed by atoms with van der Waals surface area (Å²) in [4.78, 5) is 9.62. The maximum atomic E-state index is 13.6. The fraction of sp³-hybridized carbons (Fsp3) is 0.154. The minimum absolute atomic E-state index is 0.106. The molecule has 7 nitrogen and oxygen atoms in total. The molecule has 5 aromatic rings. The first kappa shape index (κ1) is 22.7. The molecule has 1 saturated heterocycles. The van der Waals surface area contributed by atoms with Gasteiger partial charge in [-0.1, -0.05) is 17.9 Å². The van der Waals surface area contributed by atoms with Crippen molar-refractivity contribution in [1.82, 2.24) is 19.3 Å². The van der Waals surface area contributed by atoms with E-state index < -0.39 is 15.8 Å². The van der Waals surface area contributed by atoms with Gasteiger partial charge in [-0.15, -0.1) is 11.3 Å². The summed E-state index contributed by atoms with van der Waals surface area (Å²) in [5.74, 6) is 6.59. The molecule has 0 unspecified atom stereocenters. The lowest BCUT2D eigenvalue weighted by atomic mass is 10.2. The van der Waals surface area contributed by atoms with Gasteiger partial charge < -0.3 is 10.6 Å². The molecule has 4 heterocycles. The smallest absolute Gasteiger partial charge is 0.268 e. The van der Waals surface area contributed by atoms with E-state index >= 15 is 0 Å². The Balaban J connectivity index is 1.30. The van der Waals surface area contributed by atoms with Gasteiger partial charge in [-0.05, 0) is 67.9 Å². The molecule has 10 heteroatoms. The minimum Gasteiger partial charge on any atom is -0.339 e. The molecule has 1 aliphatic heterocycles.